The lowest BCUT2D eigenvalue weighted by Crippen LogP contribution is -2.13. The van der Waals surface area contributed by atoms with Crippen LogP contribution < -0.4 is 16.4 Å². The van der Waals surface area contributed by atoms with E-state index in [9.17, 15) is 0 Å². The van der Waals surface area contributed by atoms with Crippen LogP contribution in [-0.4, -0.2) is 33.0 Å². The molecular formula is C12H15N7O. The summed E-state index contributed by atoms with van der Waals surface area (Å²) in [6.45, 7) is 1.71. The Balaban J connectivity index is 1.81. The molecule has 0 amide bonds. The Kier molecular flexibility index (Phi) is 3.46. The van der Waals surface area contributed by atoms with Crippen LogP contribution in [0.15, 0.2) is 29.1 Å². The average Bonchev–Trinajstić information content (AvgIpc) is 3.11. The molecule has 0 radical (unpaired) electrons. The number of nitrogens with two attached hydrogens (primary N) is 1. The number of aromatic nitrogens is 4. The van der Waals surface area contributed by atoms with Gasteiger partial charge in [-0.3, -0.25) is 0 Å². The van der Waals surface area contributed by atoms with E-state index in [4.69, 9.17) is 10.2 Å². The zero-order chi connectivity index (χ0) is 13.8. The van der Waals surface area contributed by atoms with Gasteiger partial charge in [0.1, 0.15) is 12.1 Å². The monoisotopic (exact) mass is 273 g/mol. The van der Waals surface area contributed by atoms with Gasteiger partial charge in [-0.15, -0.1) is 0 Å². The summed E-state index contributed by atoms with van der Waals surface area (Å²) >= 11 is 0. The van der Waals surface area contributed by atoms with Crippen LogP contribution in [0.25, 0.3) is 11.2 Å². The lowest BCUT2D eigenvalue weighted by atomic mass is 10.4. The molecule has 8 nitrogen and oxygen atoms in total. The van der Waals surface area contributed by atoms with Gasteiger partial charge in [0, 0.05) is 13.1 Å². The van der Waals surface area contributed by atoms with E-state index < -0.39 is 0 Å². The largest absolute Gasteiger partial charge is 0.467 e. The maximum Gasteiger partial charge on any atom is 0.202 e. The summed E-state index contributed by atoms with van der Waals surface area (Å²) in [6, 6.07) is 3.74. The van der Waals surface area contributed by atoms with Crippen LogP contribution >= 0.6 is 0 Å². The fourth-order valence-electron chi connectivity index (χ4n) is 1.82. The normalized spacial score (nSPS) is 10.8. The van der Waals surface area contributed by atoms with Gasteiger partial charge < -0.3 is 25.8 Å². The van der Waals surface area contributed by atoms with Crippen molar-refractivity contribution in [2.24, 2.45) is 5.73 Å². The van der Waals surface area contributed by atoms with Crippen molar-refractivity contribution < 1.29 is 4.42 Å². The van der Waals surface area contributed by atoms with Crippen molar-refractivity contribution >= 4 is 22.9 Å². The van der Waals surface area contributed by atoms with Crippen LogP contribution in [0.5, 0.6) is 0 Å². The van der Waals surface area contributed by atoms with E-state index in [1.165, 1.54) is 6.33 Å². The lowest BCUT2D eigenvalue weighted by Gasteiger charge is -2.02. The Labute approximate surface area is 114 Å². The maximum atomic E-state index is 5.45. The lowest BCUT2D eigenvalue weighted by molar-refractivity contribution is 0.518. The number of H-pyrrole nitrogens is 1. The number of fused-ring (bicyclic) bond motifs is 1. The van der Waals surface area contributed by atoms with Crippen LogP contribution in [0.3, 0.4) is 0 Å². The molecule has 0 bridgehead atoms. The third kappa shape index (κ3) is 2.54. The highest BCUT2D eigenvalue weighted by Gasteiger charge is 2.09. The molecule has 0 unspecified atom stereocenters. The predicted molar refractivity (Wildman–Crippen MR) is 75.3 cm³/mol. The molecule has 0 fully saturated rings. The average molecular weight is 273 g/mol. The number of rotatable bonds is 6. The molecule has 0 saturated heterocycles. The molecule has 0 aromatic carbocycles. The van der Waals surface area contributed by atoms with E-state index in [1.807, 2.05) is 12.1 Å². The minimum absolute atomic E-state index is 0.534. The van der Waals surface area contributed by atoms with Gasteiger partial charge in [0.25, 0.3) is 0 Å². The van der Waals surface area contributed by atoms with Crippen molar-refractivity contribution in [3.8, 4) is 0 Å². The minimum Gasteiger partial charge on any atom is -0.467 e. The number of nitrogens with one attached hydrogen (secondary N) is 3. The van der Waals surface area contributed by atoms with E-state index in [1.54, 1.807) is 6.26 Å². The number of imidazole rings is 1. The summed E-state index contributed by atoms with van der Waals surface area (Å²) in [5, 5.41) is 6.25. The van der Waals surface area contributed by atoms with Crippen LogP contribution in [0.2, 0.25) is 0 Å². The van der Waals surface area contributed by atoms with E-state index in [-0.39, 0.29) is 0 Å². The Hall–Kier alpha value is -2.61. The summed E-state index contributed by atoms with van der Waals surface area (Å²) in [6.07, 6.45) is 3.12. The molecule has 3 heterocycles. The molecule has 0 saturated carbocycles. The van der Waals surface area contributed by atoms with Crippen molar-refractivity contribution in [2.75, 3.05) is 23.7 Å². The van der Waals surface area contributed by atoms with Gasteiger partial charge in [0.2, 0.25) is 5.95 Å². The highest BCUT2D eigenvalue weighted by atomic mass is 16.3. The fraction of sp³-hybridized carbons (Fsp3) is 0.250. The van der Waals surface area contributed by atoms with Gasteiger partial charge in [0.15, 0.2) is 17.0 Å². The summed E-state index contributed by atoms with van der Waals surface area (Å²) < 4.78 is 5.27. The number of hydrogen-bond acceptors (Lipinski definition) is 7. The van der Waals surface area contributed by atoms with Crippen molar-refractivity contribution in [2.45, 2.75) is 6.54 Å². The SMILES string of the molecule is NCCNc1nc2c(NCc3ccco3)ncnc2[nH]1. The van der Waals surface area contributed by atoms with Crippen LogP contribution in [0.1, 0.15) is 5.76 Å². The maximum absolute atomic E-state index is 5.45. The molecule has 0 aliphatic rings. The zero-order valence-corrected chi connectivity index (χ0v) is 10.8. The fourth-order valence-corrected chi connectivity index (χ4v) is 1.82. The van der Waals surface area contributed by atoms with E-state index in [2.05, 4.69) is 30.6 Å². The number of nitrogens with zero attached hydrogens (tertiary/aromatic N) is 3. The quantitative estimate of drug-likeness (QED) is 0.527. The molecule has 3 rings (SSSR count). The second-order valence-corrected chi connectivity index (χ2v) is 4.15. The third-order valence-corrected chi connectivity index (χ3v) is 2.73. The summed E-state index contributed by atoms with van der Waals surface area (Å²) in [7, 11) is 0. The molecule has 0 aliphatic carbocycles. The van der Waals surface area contributed by atoms with Crippen molar-refractivity contribution in [3.05, 3.63) is 30.5 Å². The van der Waals surface area contributed by atoms with Crippen LogP contribution in [0.4, 0.5) is 11.8 Å². The Bertz CT molecular complexity index is 676. The van der Waals surface area contributed by atoms with Crippen LogP contribution in [-0.2, 0) is 6.54 Å². The van der Waals surface area contributed by atoms with Gasteiger partial charge in [0.05, 0.1) is 12.8 Å². The molecule has 3 aromatic rings. The standard InChI is InChI=1S/C12H15N7O/c13-3-4-14-12-18-9-10(16-7-17-11(9)19-12)15-6-8-2-1-5-20-8/h1-2,5,7H,3-4,6,13H2,(H3,14,15,16,17,18,19). The van der Waals surface area contributed by atoms with Crippen molar-refractivity contribution in [3.63, 3.8) is 0 Å². The Morgan fingerprint density at radius 2 is 2.25 bits per heavy atom. The van der Waals surface area contributed by atoms with E-state index in [0.717, 1.165) is 5.76 Å². The number of anilines is 2. The molecule has 8 heteroatoms. The minimum atomic E-state index is 0.534. The Morgan fingerprint density at radius 3 is 3.05 bits per heavy atom. The number of aromatic amines is 1. The molecular weight excluding hydrogens is 258 g/mol. The molecule has 0 aliphatic heterocycles. The summed E-state index contributed by atoms with van der Waals surface area (Å²) in [5.74, 6) is 2.12. The van der Waals surface area contributed by atoms with Gasteiger partial charge >= 0.3 is 0 Å². The van der Waals surface area contributed by atoms with E-state index >= 15 is 0 Å². The molecule has 3 aromatic heterocycles. The molecule has 5 N–H and O–H groups in total. The molecule has 104 valence electrons. The van der Waals surface area contributed by atoms with Gasteiger partial charge in [-0.05, 0) is 12.1 Å². The summed E-state index contributed by atoms with van der Waals surface area (Å²) in [4.78, 5) is 15.8. The second kappa shape index (κ2) is 5.57. The number of hydrogen-bond donors (Lipinski definition) is 4. The first-order valence-electron chi connectivity index (χ1n) is 6.27. The predicted octanol–water partition coefficient (Wildman–Crippen LogP) is 0.929. The second-order valence-electron chi connectivity index (χ2n) is 4.15. The molecule has 0 spiro atoms. The van der Waals surface area contributed by atoms with Gasteiger partial charge in [-0.1, -0.05) is 0 Å². The molecule has 0 atom stereocenters. The van der Waals surface area contributed by atoms with Crippen molar-refractivity contribution in [1.82, 2.24) is 19.9 Å². The zero-order valence-electron chi connectivity index (χ0n) is 10.8. The first-order chi connectivity index (χ1) is 9.86. The first kappa shape index (κ1) is 12.4. The van der Waals surface area contributed by atoms with Gasteiger partial charge in [-0.25, -0.2) is 15.0 Å². The first-order valence-corrected chi connectivity index (χ1v) is 6.27. The Morgan fingerprint density at radius 1 is 1.30 bits per heavy atom. The topological polar surface area (TPSA) is 118 Å². The highest BCUT2D eigenvalue weighted by molar-refractivity contribution is 5.84. The van der Waals surface area contributed by atoms with Crippen LogP contribution in [0, 0.1) is 0 Å². The molecule has 20 heavy (non-hydrogen) atoms. The smallest absolute Gasteiger partial charge is 0.202 e. The van der Waals surface area contributed by atoms with Crippen molar-refractivity contribution in [1.29, 1.82) is 0 Å². The van der Waals surface area contributed by atoms with Gasteiger partial charge in [-0.2, -0.15) is 0 Å². The van der Waals surface area contributed by atoms with E-state index in [0.29, 0.717) is 42.6 Å². The third-order valence-electron chi connectivity index (χ3n) is 2.73. The number of furan rings is 1. The highest BCUT2D eigenvalue weighted by Crippen LogP contribution is 2.19. The summed E-state index contributed by atoms with van der Waals surface area (Å²) in [5.41, 5.74) is 6.79.